The molecule has 1 amide bonds. The van der Waals surface area contributed by atoms with Gasteiger partial charge in [-0.25, -0.2) is 0 Å². The molecule has 1 heterocycles. The minimum atomic E-state index is -0.333. The van der Waals surface area contributed by atoms with Gasteiger partial charge in [0.1, 0.15) is 0 Å². The van der Waals surface area contributed by atoms with Gasteiger partial charge in [-0.15, -0.1) is 0 Å². The van der Waals surface area contributed by atoms with Crippen LogP contribution in [0.2, 0.25) is 0 Å². The molecular weight excluding hydrogens is 168 g/mol. The molecule has 5 nitrogen and oxygen atoms in total. The molecule has 70 valence electrons. The van der Waals surface area contributed by atoms with Crippen LogP contribution in [-0.2, 0) is 4.79 Å². The second-order valence-electron chi connectivity index (χ2n) is 2.61. The van der Waals surface area contributed by atoms with E-state index in [9.17, 15) is 4.79 Å². The lowest BCUT2D eigenvalue weighted by molar-refractivity contribution is -0.117. The summed E-state index contributed by atoms with van der Waals surface area (Å²) in [7, 11) is 0. The zero-order chi connectivity index (χ0) is 9.68. The van der Waals surface area contributed by atoms with Gasteiger partial charge in [0, 0.05) is 19.2 Å². The van der Waals surface area contributed by atoms with E-state index >= 15 is 0 Å². The minimum absolute atomic E-state index is 0.293. The van der Waals surface area contributed by atoms with Crippen molar-refractivity contribution in [3.8, 4) is 0 Å². The number of nitrogens with zero attached hydrogens (tertiary/aromatic N) is 1. The first-order valence-corrected chi connectivity index (χ1v) is 3.92. The van der Waals surface area contributed by atoms with E-state index in [1.165, 1.54) is 0 Å². The molecule has 0 atom stereocenters. The lowest BCUT2D eigenvalue weighted by Crippen LogP contribution is -2.16. The molecule has 0 fully saturated rings. The average Bonchev–Trinajstić information content (AvgIpc) is 2.08. The molecule has 0 radical (unpaired) electrons. The number of nitrogen functional groups attached to an aromatic ring is 1. The molecule has 0 aromatic carbocycles. The predicted octanol–water partition coefficient (Wildman–Crippen LogP) is -0.0489. The highest BCUT2D eigenvalue weighted by Crippen LogP contribution is 2.14. The van der Waals surface area contributed by atoms with Crippen LogP contribution >= 0.6 is 0 Å². The summed E-state index contributed by atoms with van der Waals surface area (Å²) in [5, 5.41) is 2.98. The van der Waals surface area contributed by atoms with E-state index in [-0.39, 0.29) is 5.91 Å². The smallest absolute Gasteiger partial charge is 0.219 e. The number of hydrogen-bond acceptors (Lipinski definition) is 4. The Morgan fingerprint density at radius 3 is 3.00 bits per heavy atom. The van der Waals surface area contributed by atoms with Crippen molar-refractivity contribution in [2.45, 2.75) is 6.42 Å². The van der Waals surface area contributed by atoms with Crippen molar-refractivity contribution in [2.75, 3.05) is 17.6 Å². The van der Waals surface area contributed by atoms with Gasteiger partial charge in [-0.05, 0) is 6.07 Å². The van der Waals surface area contributed by atoms with E-state index in [0.717, 1.165) is 5.69 Å². The molecule has 0 spiro atoms. The van der Waals surface area contributed by atoms with Gasteiger partial charge in [-0.3, -0.25) is 9.78 Å². The van der Waals surface area contributed by atoms with E-state index in [0.29, 0.717) is 18.7 Å². The maximum Gasteiger partial charge on any atom is 0.219 e. The average molecular weight is 180 g/mol. The fourth-order valence-corrected chi connectivity index (χ4v) is 0.888. The predicted molar refractivity (Wildman–Crippen MR) is 51.0 cm³/mol. The number of hydrogen-bond donors (Lipinski definition) is 3. The Morgan fingerprint density at radius 2 is 2.38 bits per heavy atom. The van der Waals surface area contributed by atoms with Crippen LogP contribution in [0, 0.1) is 0 Å². The molecule has 1 aromatic heterocycles. The molecule has 0 bridgehead atoms. The summed E-state index contributed by atoms with van der Waals surface area (Å²) in [4.78, 5) is 14.2. The van der Waals surface area contributed by atoms with Gasteiger partial charge in [0.05, 0.1) is 17.6 Å². The zero-order valence-electron chi connectivity index (χ0n) is 7.16. The molecule has 0 aliphatic carbocycles. The number of aromatic nitrogens is 1. The highest BCUT2D eigenvalue weighted by molar-refractivity contribution is 5.74. The summed E-state index contributed by atoms with van der Waals surface area (Å²) in [5.74, 6) is -0.333. The van der Waals surface area contributed by atoms with E-state index in [4.69, 9.17) is 11.5 Å². The Labute approximate surface area is 76.1 Å². The van der Waals surface area contributed by atoms with Gasteiger partial charge in [0.15, 0.2) is 0 Å². The number of carbonyl (C=O) groups excluding carboxylic acids is 1. The van der Waals surface area contributed by atoms with Crippen LogP contribution in [0.15, 0.2) is 18.5 Å². The van der Waals surface area contributed by atoms with E-state index in [1.807, 2.05) is 0 Å². The maximum atomic E-state index is 10.4. The summed E-state index contributed by atoms with van der Waals surface area (Å²) in [5.41, 5.74) is 11.9. The normalized spacial score (nSPS) is 9.54. The summed E-state index contributed by atoms with van der Waals surface area (Å²) in [6.45, 7) is 0.490. The standard InChI is InChI=1S/C8H12N4O/c9-6-5-11-3-1-7(6)12-4-2-8(10)13/h1,3,5H,2,4,9H2,(H2,10,13)(H,11,12). The second-order valence-corrected chi connectivity index (χ2v) is 2.61. The fourth-order valence-electron chi connectivity index (χ4n) is 0.888. The van der Waals surface area contributed by atoms with Crippen LogP contribution in [0.1, 0.15) is 6.42 Å². The minimum Gasteiger partial charge on any atom is -0.396 e. The first-order valence-electron chi connectivity index (χ1n) is 3.92. The van der Waals surface area contributed by atoms with Crippen LogP contribution in [0.4, 0.5) is 11.4 Å². The van der Waals surface area contributed by atoms with Crippen LogP contribution in [0.25, 0.3) is 0 Å². The van der Waals surface area contributed by atoms with Crippen LogP contribution in [0.5, 0.6) is 0 Å². The fraction of sp³-hybridized carbons (Fsp3) is 0.250. The molecular formula is C8H12N4O. The molecule has 13 heavy (non-hydrogen) atoms. The SMILES string of the molecule is NC(=O)CCNc1ccncc1N. The summed E-state index contributed by atoms with van der Waals surface area (Å²) < 4.78 is 0. The van der Waals surface area contributed by atoms with E-state index in [2.05, 4.69) is 10.3 Å². The van der Waals surface area contributed by atoms with Crippen molar-refractivity contribution in [2.24, 2.45) is 5.73 Å². The monoisotopic (exact) mass is 180 g/mol. The lowest BCUT2D eigenvalue weighted by Gasteiger charge is -2.06. The van der Waals surface area contributed by atoms with Crippen LogP contribution < -0.4 is 16.8 Å². The van der Waals surface area contributed by atoms with Crippen LogP contribution in [-0.4, -0.2) is 17.4 Å². The van der Waals surface area contributed by atoms with Gasteiger partial charge in [0.25, 0.3) is 0 Å². The number of anilines is 2. The Hall–Kier alpha value is -1.78. The number of primary amides is 1. The Balaban J connectivity index is 2.45. The maximum absolute atomic E-state index is 10.4. The van der Waals surface area contributed by atoms with Gasteiger partial charge >= 0.3 is 0 Å². The first kappa shape index (κ1) is 9.31. The van der Waals surface area contributed by atoms with Crippen molar-refractivity contribution in [1.82, 2.24) is 4.98 Å². The van der Waals surface area contributed by atoms with E-state index in [1.54, 1.807) is 18.5 Å². The van der Waals surface area contributed by atoms with Crippen molar-refractivity contribution in [3.05, 3.63) is 18.5 Å². The molecule has 0 saturated carbocycles. The largest absolute Gasteiger partial charge is 0.396 e. The molecule has 5 heteroatoms. The third-order valence-corrected chi connectivity index (χ3v) is 1.54. The molecule has 1 aromatic rings. The Bertz CT molecular complexity index is 300. The van der Waals surface area contributed by atoms with Gasteiger partial charge in [0.2, 0.25) is 5.91 Å². The third kappa shape index (κ3) is 2.98. The van der Waals surface area contributed by atoms with Gasteiger partial charge < -0.3 is 16.8 Å². The topological polar surface area (TPSA) is 94.0 Å². The Kier molecular flexibility index (Phi) is 3.08. The Morgan fingerprint density at radius 1 is 1.62 bits per heavy atom. The summed E-state index contributed by atoms with van der Waals surface area (Å²) in [6.07, 6.45) is 3.47. The highest BCUT2D eigenvalue weighted by Gasteiger charge is 1.97. The molecule has 5 N–H and O–H groups in total. The molecule has 0 saturated heterocycles. The van der Waals surface area contributed by atoms with Crippen molar-refractivity contribution in [1.29, 1.82) is 0 Å². The molecule has 1 rings (SSSR count). The zero-order valence-corrected chi connectivity index (χ0v) is 7.16. The van der Waals surface area contributed by atoms with Crippen molar-refractivity contribution < 1.29 is 4.79 Å². The molecule has 0 unspecified atom stereocenters. The van der Waals surface area contributed by atoms with E-state index < -0.39 is 0 Å². The number of nitrogens with one attached hydrogen (secondary N) is 1. The second kappa shape index (κ2) is 4.30. The quantitative estimate of drug-likeness (QED) is 0.605. The summed E-state index contributed by atoms with van der Waals surface area (Å²) in [6, 6.07) is 1.75. The molecule has 0 aliphatic rings. The molecule has 0 aliphatic heterocycles. The number of nitrogens with two attached hydrogens (primary N) is 2. The third-order valence-electron chi connectivity index (χ3n) is 1.54. The lowest BCUT2D eigenvalue weighted by atomic mass is 10.3. The summed E-state index contributed by atoms with van der Waals surface area (Å²) >= 11 is 0. The highest BCUT2D eigenvalue weighted by atomic mass is 16.1. The first-order chi connectivity index (χ1) is 6.20. The van der Waals surface area contributed by atoms with Crippen molar-refractivity contribution >= 4 is 17.3 Å². The van der Waals surface area contributed by atoms with Crippen LogP contribution in [0.3, 0.4) is 0 Å². The van der Waals surface area contributed by atoms with Gasteiger partial charge in [-0.2, -0.15) is 0 Å². The number of amides is 1. The van der Waals surface area contributed by atoms with Gasteiger partial charge in [-0.1, -0.05) is 0 Å². The number of pyridine rings is 1. The number of carbonyl (C=O) groups is 1. The number of rotatable bonds is 4. The van der Waals surface area contributed by atoms with Crippen molar-refractivity contribution in [3.63, 3.8) is 0 Å².